The fraction of sp³-hybridized carbons (Fsp3) is 0.769. The lowest BCUT2D eigenvalue weighted by atomic mass is 10.1. The third kappa shape index (κ3) is 9.70. The van der Waals surface area contributed by atoms with Gasteiger partial charge in [-0.15, -0.1) is 10.2 Å². The van der Waals surface area contributed by atoms with Gasteiger partial charge in [0, 0.05) is 5.54 Å². The van der Waals surface area contributed by atoms with Gasteiger partial charge in [0.25, 0.3) is 0 Å². The van der Waals surface area contributed by atoms with E-state index in [1.165, 1.54) is 0 Å². The van der Waals surface area contributed by atoms with Crippen LogP contribution in [0.15, 0.2) is 0 Å². The minimum Gasteiger partial charge on any atom is -0.388 e. The van der Waals surface area contributed by atoms with Gasteiger partial charge in [-0.1, -0.05) is 11.6 Å². The molecule has 0 bridgehead atoms. The van der Waals surface area contributed by atoms with Gasteiger partial charge in [-0.05, 0) is 13.8 Å². The Hall–Kier alpha value is -1.27. The van der Waals surface area contributed by atoms with Crippen LogP contribution in [0.3, 0.4) is 0 Å². The number of aliphatic hydroxyl groups is 1. The summed E-state index contributed by atoms with van der Waals surface area (Å²) in [5.41, 5.74) is 5.01. The highest BCUT2D eigenvalue weighted by atomic mass is 35.5. The maximum Gasteiger partial charge on any atom is 0.411 e. The van der Waals surface area contributed by atoms with Crippen molar-refractivity contribution in [3.8, 4) is 0 Å². The van der Waals surface area contributed by atoms with E-state index >= 15 is 0 Å². The van der Waals surface area contributed by atoms with E-state index in [0.29, 0.717) is 5.82 Å². The number of rotatable bonds is 10. The van der Waals surface area contributed by atoms with E-state index < -0.39 is 31.0 Å². The van der Waals surface area contributed by atoms with Crippen LogP contribution < -0.4 is 11.1 Å². The number of halogens is 4. The summed E-state index contributed by atoms with van der Waals surface area (Å²) in [5, 5.41) is 20.1. The van der Waals surface area contributed by atoms with Crippen molar-refractivity contribution in [1.82, 2.24) is 20.5 Å². The lowest BCUT2D eigenvalue weighted by molar-refractivity contribution is -0.181. The minimum absolute atomic E-state index is 0.0214. The largest absolute Gasteiger partial charge is 0.411 e. The van der Waals surface area contributed by atoms with E-state index in [9.17, 15) is 18.3 Å². The molecular formula is C13H21ClF3N5O3. The highest BCUT2D eigenvalue weighted by Gasteiger charge is 2.28. The first kappa shape index (κ1) is 21.8. The molecule has 25 heavy (non-hydrogen) atoms. The molecule has 144 valence electrons. The van der Waals surface area contributed by atoms with Crippen molar-refractivity contribution in [2.75, 3.05) is 32.2 Å². The van der Waals surface area contributed by atoms with E-state index in [1.54, 1.807) is 0 Å². The van der Waals surface area contributed by atoms with Crippen molar-refractivity contribution in [2.24, 2.45) is 0 Å². The molecule has 1 rings (SSSR count). The number of nitrogens with zero attached hydrogens (tertiary/aromatic N) is 3. The number of nitrogen functional groups attached to an aromatic ring is 1. The molecule has 12 heteroatoms. The first-order valence-corrected chi connectivity index (χ1v) is 7.66. The van der Waals surface area contributed by atoms with Crippen LogP contribution in [-0.2, 0) is 16.0 Å². The van der Waals surface area contributed by atoms with Gasteiger partial charge in [-0.3, -0.25) is 0 Å². The molecule has 0 saturated heterocycles. The molecule has 0 saturated carbocycles. The Morgan fingerprint density at radius 1 is 1.20 bits per heavy atom. The smallest absolute Gasteiger partial charge is 0.388 e. The van der Waals surface area contributed by atoms with Crippen LogP contribution in [0, 0.1) is 0 Å². The number of aliphatic hydroxyl groups excluding tert-OH is 1. The SMILES string of the molecule is CC(C)(COC[C@H](O)COCC(F)(F)F)NCc1nnc(Cl)c(N)n1. The van der Waals surface area contributed by atoms with Crippen LogP contribution in [0.5, 0.6) is 0 Å². The maximum absolute atomic E-state index is 11.9. The molecule has 0 radical (unpaired) electrons. The summed E-state index contributed by atoms with van der Waals surface area (Å²) in [7, 11) is 0. The van der Waals surface area contributed by atoms with Crippen molar-refractivity contribution in [3.63, 3.8) is 0 Å². The summed E-state index contributed by atoms with van der Waals surface area (Å²) in [6.45, 7) is 2.06. The van der Waals surface area contributed by atoms with Crippen LogP contribution in [-0.4, -0.2) is 64.5 Å². The van der Waals surface area contributed by atoms with E-state index in [-0.39, 0.29) is 30.7 Å². The van der Waals surface area contributed by atoms with Crippen LogP contribution in [0.2, 0.25) is 5.15 Å². The Bertz CT molecular complexity index is 548. The fourth-order valence-electron chi connectivity index (χ4n) is 1.61. The zero-order valence-electron chi connectivity index (χ0n) is 13.8. The van der Waals surface area contributed by atoms with Crippen molar-refractivity contribution in [3.05, 3.63) is 11.0 Å². The summed E-state index contributed by atoms with van der Waals surface area (Å²) in [5.74, 6) is 0.417. The third-order valence-electron chi connectivity index (χ3n) is 2.79. The second-order valence-corrected chi connectivity index (χ2v) is 6.30. The van der Waals surface area contributed by atoms with Crippen molar-refractivity contribution >= 4 is 17.4 Å². The summed E-state index contributed by atoms with van der Waals surface area (Å²) < 4.78 is 45.4. The first-order valence-electron chi connectivity index (χ1n) is 7.28. The van der Waals surface area contributed by atoms with E-state index in [4.69, 9.17) is 22.1 Å². The van der Waals surface area contributed by atoms with Crippen LogP contribution in [0.1, 0.15) is 19.7 Å². The second-order valence-electron chi connectivity index (χ2n) is 5.94. The number of ether oxygens (including phenoxy) is 2. The molecule has 0 aromatic carbocycles. The van der Waals surface area contributed by atoms with Gasteiger partial charge in [0.2, 0.25) is 0 Å². The molecule has 0 aliphatic carbocycles. The Morgan fingerprint density at radius 3 is 2.36 bits per heavy atom. The third-order valence-corrected chi connectivity index (χ3v) is 3.06. The van der Waals surface area contributed by atoms with Gasteiger partial charge in [-0.25, -0.2) is 4.98 Å². The normalized spacial score (nSPS) is 13.9. The molecule has 0 amide bonds. The summed E-state index contributed by atoms with van der Waals surface area (Å²) in [6.07, 6.45) is -5.57. The number of anilines is 1. The molecule has 0 aliphatic heterocycles. The second kappa shape index (κ2) is 9.43. The maximum atomic E-state index is 11.9. The Kier molecular flexibility index (Phi) is 8.22. The topological polar surface area (TPSA) is 115 Å². The van der Waals surface area contributed by atoms with Crippen molar-refractivity contribution in [2.45, 2.75) is 38.2 Å². The molecule has 0 aliphatic rings. The highest BCUT2D eigenvalue weighted by molar-refractivity contribution is 6.31. The van der Waals surface area contributed by atoms with Crippen LogP contribution in [0.4, 0.5) is 19.0 Å². The molecule has 4 N–H and O–H groups in total. The summed E-state index contributed by atoms with van der Waals surface area (Å²) >= 11 is 5.63. The fourth-order valence-corrected chi connectivity index (χ4v) is 1.69. The van der Waals surface area contributed by atoms with Gasteiger partial charge in [-0.2, -0.15) is 13.2 Å². The van der Waals surface area contributed by atoms with Crippen molar-refractivity contribution in [1.29, 1.82) is 0 Å². The minimum atomic E-state index is -4.42. The summed E-state index contributed by atoms with van der Waals surface area (Å²) in [6, 6.07) is 0. The monoisotopic (exact) mass is 387 g/mol. The molecule has 1 aromatic rings. The van der Waals surface area contributed by atoms with Crippen LogP contribution >= 0.6 is 11.6 Å². The molecule has 0 unspecified atom stereocenters. The van der Waals surface area contributed by atoms with Gasteiger partial charge in [0.05, 0.1) is 26.4 Å². The summed E-state index contributed by atoms with van der Waals surface area (Å²) in [4.78, 5) is 3.96. The average Bonchev–Trinajstić information content (AvgIpc) is 2.47. The number of aromatic nitrogens is 3. The van der Waals surface area contributed by atoms with E-state index in [2.05, 4.69) is 25.2 Å². The Morgan fingerprint density at radius 2 is 1.80 bits per heavy atom. The van der Waals surface area contributed by atoms with Crippen molar-refractivity contribution < 1.29 is 27.8 Å². The van der Waals surface area contributed by atoms with Gasteiger partial charge in [0.15, 0.2) is 16.8 Å². The predicted octanol–water partition coefficient (Wildman–Crippen LogP) is 0.932. The molecule has 1 atom stereocenters. The van der Waals surface area contributed by atoms with Gasteiger partial charge in [0.1, 0.15) is 12.7 Å². The molecule has 1 aromatic heterocycles. The molecule has 0 spiro atoms. The first-order chi connectivity index (χ1) is 11.5. The highest BCUT2D eigenvalue weighted by Crippen LogP contribution is 2.14. The Labute approximate surface area is 147 Å². The standard InChI is InChI=1S/C13H21ClF3N5O3/c1-12(2,19-3-9-20-11(18)10(14)22-21-9)6-24-4-8(23)5-25-7-13(15,16)17/h8,19,23H,3-7H2,1-2H3,(H2,18,20,21)/t8-/m0/s1. The number of hydrogen-bond acceptors (Lipinski definition) is 8. The van der Waals surface area contributed by atoms with E-state index in [1.807, 2.05) is 13.8 Å². The molecule has 0 fully saturated rings. The number of nitrogens with two attached hydrogens (primary N) is 1. The zero-order chi connectivity index (χ0) is 19.1. The van der Waals surface area contributed by atoms with Crippen LogP contribution in [0.25, 0.3) is 0 Å². The number of alkyl halides is 3. The van der Waals surface area contributed by atoms with Gasteiger partial charge >= 0.3 is 6.18 Å². The lowest BCUT2D eigenvalue weighted by Crippen LogP contribution is -2.44. The van der Waals surface area contributed by atoms with E-state index in [0.717, 1.165) is 0 Å². The molecule has 8 nitrogen and oxygen atoms in total. The predicted molar refractivity (Wildman–Crippen MR) is 83.9 cm³/mol. The molecule has 1 heterocycles. The Balaban J connectivity index is 2.27. The number of nitrogens with one attached hydrogen (secondary N) is 1. The average molecular weight is 388 g/mol. The molecular weight excluding hydrogens is 367 g/mol. The quantitative estimate of drug-likeness (QED) is 0.543. The lowest BCUT2D eigenvalue weighted by Gasteiger charge is -2.26. The van der Waals surface area contributed by atoms with Gasteiger partial charge < -0.3 is 25.6 Å². The number of hydrogen-bond donors (Lipinski definition) is 3. The zero-order valence-corrected chi connectivity index (χ0v) is 14.6.